The number of carbonyl (C=O) groups excluding carboxylic acids is 1. The van der Waals surface area contributed by atoms with Crippen molar-refractivity contribution in [2.24, 2.45) is 0 Å². The second kappa shape index (κ2) is 7.33. The van der Waals surface area contributed by atoms with Gasteiger partial charge in [-0.15, -0.1) is 0 Å². The van der Waals surface area contributed by atoms with E-state index in [1.807, 2.05) is 34.6 Å². The minimum atomic E-state index is 0.0238. The lowest BCUT2D eigenvalue weighted by Gasteiger charge is -2.19. The molecule has 0 unspecified atom stereocenters. The number of fused-ring (bicyclic) bond motifs is 1. The third-order valence-corrected chi connectivity index (χ3v) is 4.31. The molecule has 0 spiro atoms. The molecule has 1 aliphatic heterocycles. The molecule has 1 amide bonds. The maximum atomic E-state index is 12.5. The fraction of sp³-hybridized carbons (Fsp3) is 0.278. The summed E-state index contributed by atoms with van der Waals surface area (Å²) >= 11 is 1.65. The first-order valence-electron chi connectivity index (χ1n) is 7.64. The lowest BCUT2D eigenvalue weighted by molar-refractivity contribution is -0.126. The zero-order valence-electron chi connectivity index (χ0n) is 13.0. The predicted octanol–water partition coefficient (Wildman–Crippen LogP) is 3.93. The van der Waals surface area contributed by atoms with Crippen LogP contribution in [0.2, 0.25) is 0 Å². The summed E-state index contributed by atoms with van der Waals surface area (Å²) in [5.41, 5.74) is 2.10. The Morgan fingerprint density at radius 3 is 2.96 bits per heavy atom. The van der Waals surface area contributed by atoms with Gasteiger partial charge in [-0.25, -0.2) is 0 Å². The molecule has 0 aliphatic carbocycles. The van der Waals surface area contributed by atoms with Gasteiger partial charge in [0.2, 0.25) is 12.7 Å². The molecule has 0 N–H and O–H groups in total. The maximum Gasteiger partial charge on any atom is 0.246 e. The Bertz CT molecular complexity index is 694. The average Bonchev–Trinajstić information content (AvgIpc) is 3.22. The van der Waals surface area contributed by atoms with Crippen LogP contribution in [0.4, 0.5) is 0 Å². The van der Waals surface area contributed by atoms with Crippen LogP contribution in [0.5, 0.6) is 11.5 Å². The number of thiophene rings is 1. The molecule has 0 radical (unpaired) electrons. The Hall–Kier alpha value is -2.27. The molecular weight excluding hydrogens is 310 g/mol. The number of amides is 1. The van der Waals surface area contributed by atoms with Crippen molar-refractivity contribution in [1.82, 2.24) is 4.90 Å². The number of hydrogen-bond acceptors (Lipinski definition) is 4. The summed E-state index contributed by atoms with van der Waals surface area (Å²) in [6.45, 7) is 3.74. The molecule has 0 saturated carbocycles. The first-order chi connectivity index (χ1) is 11.3. The summed E-state index contributed by atoms with van der Waals surface area (Å²) in [7, 11) is 0. The van der Waals surface area contributed by atoms with Crippen molar-refractivity contribution in [2.45, 2.75) is 19.9 Å². The molecule has 1 aliphatic rings. The zero-order chi connectivity index (χ0) is 16.1. The summed E-state index contributed by atoms with van der Waals surface area (Å²) in [5.74, 6) is 1.50. The van der Waals surface area contributed by atoms with Crippen molar-refractivity contribution in [3.8, 4) is 11.5 Å². The highest BCUT2D eigenvalue weighted by atomic mass is 32.1. The van der Waals surface area contributed by atoms with E-state index in [2.05, 4.69) is 18.4 Å². The molecule has 0 saturated heterocycles. The number of ether oxygens (including phenoxy) is 2. The fourth-order valence-electron chi connectivity index (χ4n) is 2.43. The smallest absolute Gasteiger partial charge is 0.246 e. The van der Waals surface area contributed by atoms with E-state index in [4.69, 9.17) is 9.47 Å². The second-order valence-electron chi connectivity index (χ2n) is 5.34. The van der Waals surface area contributed by atoms with E-state index >= 15 is 0 Å². The number of nitrogens with zero attached hydrogens (tertiary/aromatic N) is 1. The van der Waals surface area contributed by atoms with E-state index in [0.29, 0.717) is 6.54 Å². The van der Waals surface area contributed by atoms with Gasteiger partial charge in [0.1, 0.15) is 0 Å². The second-order valence-corrected chi connectivity index (χ2v) is 6.12. The van der Waals surface area contributed by atoms with Gasteiger partial charge in [-0.1, -0.05) is 13.0 Å². The van der Waals surface area contributed by atoms with Crippen LogP contribution >= 0.6 is 11.3 Å². The summed E-state index contributed by atoms with van der Waals surface area (Å²) in [6, 6.07) is 7.72. The van der Waals surface area contributed by atoms with Gasteiger partial charge in [0, 0.05) is 19.2 Å². The molecule has 120 valence electrons. The zero-order valence-corrected chi connectivity index (χ0v) is 13.8. The third kappa shape index (κ3) is 3.93. The number of rotatable bonds is 6. The molecule has 0 bridgehead atoms. The standard InChI is InChI=1S/C18H19NO3S/c1-2-8-19(11-15-7-9-23-12-15)18(20)6-4-14-3-5-16-17(10-14)22-13-21-16/h3-7,9-10,12H,2,8,11,13H2,1H3/b6-4+. The molecule has 0 fully saturated rings. The summed E-state index contributed by atoms with van der Waals surface area (Å²) in [4.78, 5) is 14.3. The molecule has 2 aromatic rings. The number of hydrogen-bond donors (Lipinski definition) is 0. The molecule has 5 heteroatoms. The van der Waals surface area contributed by atoms with Gasteiger partial charge in [0.05, 0.1) is 0 Å². The molecule has 4 nitrogen and oxygen atoms in total. The first-order valence-corrected chi connectivity index (χ1v) is 8.58. The Labute approximate surface area is 140 Å². The Kier molecular flexibility index (Phi) is 4.98. The maximum absolute atomic E-state index is 12.5. The van der Waals surface area contributed by atoms with Gasteiger partial charge >= 0.3 is 0 Å². The van der Waals surface area contributed by atoms with Gasteiger partial charge < -0.3 is 14.4 Å². The average molecular weight is 329 g/mol. The molecular formula is C18H19NO3S. The van der Waals surface area contributed by atoms with Crippen LogP contribution in [0, 0.1) is 0 Å². The van der Waals surface area contributed by atoms with E-state index < -0.39 is 0 Å². The number of benzene rings is 1. The molecule has 3 rings (SSSR count). The van der Waals surface area contributed by atoms with Crippen molar-refractivity contribution in [1.29, 1.82) is 0 Å². The predicted molar refractivity (Wildman–Crippen MR) is 91.6 cm³/mol. The van der Waals surface area contributed by atoms with Crippen LogP contribution < -0.4 is 9.47 Å². The topological polar surface area (TPSA) is 38.8 Å². The summed E-state index contributed by atoms with van der Waals surface area (Å²) in [5, 5.41) is 4.11. The lowest BCUT2D eigenvalue weighted by atomic mass is 10.2. The van der Waals surface area contributed by atoms with Gasteiger partial charge in [-0.05, 0) is 52.6 Å². The van der Waals surface area contributed by atoms with Crippen LogP contribution in [-0.4, -0.2) is 24.1 Å². The van der Waals surface area contributed by atoms with Gasteiger partial charge in [0.25, 0.3) is 0 Å². The molecule has 1 aromatic heterocycles. The van der Waals surface area contributed by atoms with Crippen molar-refractivity contribution in [3.05, 3.63) is 52.2 Å². The molecule has 1 aromatic carbocycles. The van der Waals surface area contributed by atoms with Crippen molar-refractivity contribution in [2.75, 3.05) is 13.3 Å². The minimum Gasteiger partial charge on any atom is -0.454 e. The Morgan fingerprint density at radius 1 is 1.30 bits per heavy atom. The normalized spacial score (nSPS) is 12.7. The summed E-state index contributed by atoms with van der Waals surface area (Å²) in [6.07, 6.45) is 4.38. The molecule has 23 heavy (non-hydrogen) atoms. The van der Waals surface area contributed by atoms with Crippen molar-refractivity contribution in [3.63, 3.8) is 0 Å². The monoisotopic (exact) mass is 329 g/mol. The minimum absolute atomic E-state index is 0.0238. The highest BCUT2D eigenvalue weighted by Gasteiger charge is 2.13. The highest BCUT2D eigenvalue weighted by Crippen LogP contribution is 2.32. The van der Waals surface area contributed by atoms with Gasteiger partial charge in [-0.2, -0.15) is 11.3 Å². The number of carbonyl (C=O) groups is 1. The highest BCUT2D eigenvalue weighted by molar-refractivity contribution is 7.07. The SMILES string of the molecule is CCCN(Cc1ccsc1)C(=O)/C=C/c1ccc2c(c1)OCO2. The van der Waals surface area contributed by atoms with Crippen LogP contribution in [0.25, 0.3) is 6.08 Å². The van der Waals surface area contributed by atoms with Crippen molar-refractivity contribution < 1.29 is 14.3 Å². The largest absolute Gasteiger partial charge is 0.454 e. The van der Waals surface area contributed by atoms with E-state index in [0.717, 1.165) is 30.0 Å². The van der Waals surface area contributed by atoms with Crippen LogP contribution in [0.3, 0.4) is 0 Å². The Morgan fingerprint density at radius 2 is 2.17 bits per heavy atom. The van der Waals surface area contributed by atoms with Crippen LogP contribution in [-0.2, 0) is 11.3 Å². The molecule has 2 heterocycles. The first kappa shape index (κ1) is 15.6. The van der Waals surface area contributed by atoms with Crippen LogP contribution in [0.15, 0.2) is 41.1 Å². The fourth-order valence-corrected chi connectivity index (χ4v) is 3.09. The summed E-state index contributed by atoms with van der Waals surface area (Å²) < 4.78 is 10.6. The van der Waals surface area contributed by atoms with Gasteiger partial charge in [-0.3, -0.25) is 4.79 Å². The van der Waals surface area contributed by atoms with E-state index in [-0.39, 0.29) is 12.7 Å². The third-order valence-electron chi connectivity index (χ3n) is 3.57. The lowest BCUT2D eigenvalue weighted by Crippen LogP contribution is -2.29. The van der Waals surface area contributed by atoms with Crippen molar-refractivity contribution >= 4 is 23.3 Å². The van der Waals surface area contributed by atoms with Crippen LogP contribution in [0.1, 0.15) is 24.5 Å². The van der Waals surface area contributed by atoms with E-state index in [1.54, 1.807) is 17.4 Å². The quantitative estimate of drug-likeness (QED) is 0.754. The van der Waals surface area contributed by atoms with E-state index in [9.17, 15) is 4.79 Å². The van der Waals surface area contributed by atoms with E-state index in [1.165, 1.54) is 5.56 Å². The Balaban J connectivity index is 1.68. The molecule has 0 atom stereocenters. The van der Waals surface area contributed by atoms with Gasteiger partial charge in [0.15, 0.2) is 11.5 Å².